The minimum absolute atomic E-state index is 0.319. The van der Waals surface area contributed by atoms with Gasteiger partial charge in [0.05, 0.1) is 13.7 Å². The van der Waals surface area contributed by atoms with Gasteiger partial charge in [0.25, 0.3) is 0 Å². The number of halogens is 1. The Labute approximate surface area is 119 Å². The van der Waals surface area contributed by atoms with Crippen molar-refractivity contribution in [2.45, 2.75) is 26.2 Å². The average molecular weight is 283 g/mol. The predicted molar refractivity (Wildman–Crippen MR) is 76.7 cm³/mol. The van der Waals surface area contributed by atoms with Gasteiger partial charge in [0.15, 0.2) is 0 Å². The monoisotopic (exact) mass is 282 g/mol. The Bertz CT molecular complexity index is 455. The Morgan fingerprint density at radius 2 is 2.16 bits per heavy atom. The van der Waals surface area contributed by atoms with Gasteiger partial charge in [-0.05, 0) is 49.9 Å². The van der Waals surface area contributed by atoms with Crippen LogP contribution in [0.1, 0.15) is 25.3 Å². The van der Waals surface area contributed by atoms with E-state index >= 15 is 0 Å². The number of carbonyl (C=O) groups is 1. The van der Waals surface area contributed by atoms with Gasteiger partial charge in [-0.1, -0.05) is 18.2 Å². The summed E-state index contributed by atoms with van der Waals surface area (Å²) in [5, 5.41) is 0.681. The molecule has 0 fully saturated rings. The first kappa shape index (κ1) is 15.6. The van der Waals surface area contributed by atoms with Gasteiger partial charge in [-0.2, -0.15) is 0 Å². The van der Waals surface area contributed by atoms with Crippen molar-refractivity contribution in [1.29, 1.82) is 0 Å². The van der Waals surface area contributed by atoms with Crippen molar-refractivity contribution < 1.29 is 14.3 Å². The molecule has 0 heterocycles. The van der Waals surface area contributed by atoms with Gasteiger partial charge in [-0.25, -0.2) is 4.79 Å². The summed E-state index contributed by atoms with van der Waals surface area (Å²) in [5.74, 6) is 0.492. The lowest BCUT2D eigenvalue weighted by Crippen LogP contribution is -2.07. The number of esters is 1. The van der Waals surface area contributed by atoms with E-state index in [4.69, 9.17) is 21.1 Å². The van der Waals surface area contributed by atoms with Gasteiger partial charge < -0.3 is 9.47 Å². The molecule has 0 bridgehead atoms. The minimum atomic E-state index is -0.319. The highest BCUT2D eigenvalue weighted by Gasteiger charge is 2.09. The largest absolute Gasteiger partial charge is 0.496 e. The van der Waals surface area contributed by atoms with E-state index in [2.05, 4.69) is 6.58 Å². The van der Waals surface area contributed by atoms with Crippen molar-refractivity contribution in [2.24, 2.45) is 0 Å². The van der Waals surface area contributed by atoms with Crippen LogP contribution in [0.3, 0.4) is 0 Å². The molecule has 0 radical (unpaired) electrons. The normalized spacial score (nSPS) is 10.1. The summed E-state index contributed by atoms with van der Waals surface area (Å²) in [6, 6.07) is 5.52. The average Bonchev–Trinajstić information content (AvgIpc) is 2.39. The molecule has 0 N–H and O–H groups in total. The molecule has 1 aromatic carbocycles. The lowest BCUT2D eigenvalue weighted by Gasteiger charge is -2.09. The molecule has 0 aliphatic carbocycles. The highest BCUT2D eigenvalue weighted by atomic mass is 35.5. The molecule has 104 valence electrons. The number of rotatable bonds is 7. The van der Waals surface area contributed by atoms with Gasteiger partial charge in [0.2, 0.25) is 0 Å². The summed E-state index contributed by atoms with van der Waals surface area (Å²) in [7, 11) is 1.63. The van der Waals surface area contributed by atoms with Gasteiger partial charge in [0, 0.05) is 10.6 Å². The van der Waals surface area contributed by atoms with Crippen LogP contribution in [0.5, 0.6) is 5.75 Å². The fourth-order valence-electron chi connectivity index (χ4n) is 1.77. The molecular weight excluding hydrogens is 264 g/mol. The third-order valence-corrected chi connectivity index (χ3v) is 2.97. The van der Waals surface area contributed by atoms with E-state index < -0.39 is 0 Å². The summed E-state index contributed by atoms with van der Waals surface area (Å²) in [4.78, 5) is 11.4. The minimum Gasteiger partial charge on any atom is -0.496 e. The molecule has 0 aliphatic rings. The number of methoxy groups -OCH3 is 1. The molecular formula is C15H19ClO3. The standard InChI is InChI=1S/C15H19ClO3/c1-4-19-15(17)11(2)6-5-7-12-10-13(16)8-9-14(12)18-3/h8-10H,2,4-7H2,1,3H3. The Balaban J connectivity index is 2.51. The van der Waals surface area contributed by atoms with Crippen LogP contribution in [0.15, 0.2) is 30.4 Å². The van der Waals surface area contributed by atoms with Gasteiger partial charge in [0.1, 0.15) is 5.75 Å². The van der Waals surface area contributed by atoms with Crippen LogP contribution in [0.4, 0.5) is 0 Å². The first-order chi connectivity index (χ1) is 9.08. The Morgan fingerprint density at radius 3 is 2.79 bits per heavy atom. The van der Waals surface area contributed by atoms with Crippen molar-refractivity contribution in [3.63, 3.8) is 0 Å². The first-order valence-electron chi connectivity index (χ1n) is 6.25. The molecule has 19 heavy (non-hydrogen) atoms. The van der Waals surface area contributed by atoms with E-state index in [1.165, 1.54) is 0 Å². The van der Waals surface area contributed by atoms with Gasteiger partial charge in [-0.3, -0.25) is 0 Å². The van der Waals surface area contributed by atoms with Crippen LogP contribution in [0.2, 0.25) is 5.02 Å². The lowest BCUT2D eigenvalue weighted by atomic mass is 10.0. The second-order valence-electron chi connectivity index (χ2n) is 4.13. The smallest absolute Gasteiger partial charge is 0.333 e. The summed E-state index contributed by atoms with van der Waals surface area (Å²) >= 11 is 5.96. The third kappa shape index (κ3) is 4.95. The Hall–Kier alpha value is -1.48. The predicted octanol–water partition coefficient (Wildman–Crippen LogP) is 3.79. The number of hydrogen-bond acceptors (Lipinski definition) is 3. The second kappa shape index (κ2) is 7.85. The number of benzene rings is 1. The van der Waals surface area contributed by atoms with E-state index in [0.717, 1.165) is 24.2 Å². The molecule has 0 spiro atoms. The zero-order valence-electron chi connectivity index (χ0n) is 11.4. The molecule has 0 saturated carbocycles. The van der Waals surface area contributed by atoms with Crippen molar-refractivity contribution in [1.82, 2.24) is 0 Å². The van der Waals surface area contributed by atoms with E-state index in [9.17, 15) is 4.79 Å². The maximum atomic E-state index is 11.4. The zero-order valence-corrected chi connectivity index (χ0v) is 12.1. The molecule has 0 aromatic heterocycles. The molecule has 0 aliphatic heterocycles. The molecule has 1 rings (SSSR count). The fourth-order valence-corrected chi connectivity index (χ4v) is 1.96. The zero-order chi connectivity index (χ0) is 14.3. The van der Waals surface area contributed by atoms with Crippen molar-refractivity contribution in [3.05, 3.63) is 40.9 Å². The summed E-state index contributed by atoms with van der Waals surface area (Å²) < 4.78 is 10.2. The first-order valence-corrected chi connectivity index (χ1v) is 6.63. The molecule has 0 atom stereocenters. The SMILES string of the molecule is C=C(CCCc1cc(Cl)ccc1OC)C(=O)OCC. The summed E-state index contributed by atoms with van der Waals surface area (Å²) in [5.41, 5.74) is 1.54. The van der Waals surface area contributed by atoms with Crippen LogP contribution < -0.4 is 4.74 Å². The van der Waals surface area contributed by atoms with Crippen LogP contribution in [0, 0.1) is 0 Å². The topological polar surface area (TPSA) is 35.5 Å². The van der Waals surface area contributed by atoms with E-state index in [-0.39, 0.29) is 5.97 Å². The van der Waals surface area contributed by atoms with Crippen LogP contribution in [-0.4, -0.2) is 19.7 Å². The lowest BCUT2D eigenvalue weighted by molar-refractivity contribution is -0.138. The molecule has 3 nitrogen and oxygen atoms in total. The Kier molecular flexibility index (Phi) is 6.43. The molecule has 1 aromatic rings. The molecule has 0 saturated heterocycles. The van der Waals surface area contributed by atoms with Gasteiger partial charge >= 0.3 is 5.97 Å². The maximum Gasteiger partial charge on any atom is 0.333 e. The van der Waals surface area contributed by atoms with Crippen LogP contribution in [-0.2, 0) is 16.0 Å². The number of ether oxygens (including phenoxy) is 2. The van der Waals surface area contributed by atoms with E-state index in [1.54, 1.807) is 20.1 Å². The third-order valence-electron chi connectivity index (χ3n) is 2.73. The van der Waals surface area contributed by atoms with Crippen LogP contribution >= 0.6 is 11.6 Å². The number of aryl methyl sites for hydroxylation is 1. The Morgan fingerprint density at radius 1 is 1.42 bits per heavy atom. The van der Waals surface area contributed by atoms with Crippen molar-refractivity contribution in [2.75, 3.05) is 13.7 Å². The highest BCUT2D eigenvalue weighted by Crippen LogP contribution is 2.24. The summed E-state index contributed by atoms with van der Waals surface area (Å²) in [6.45, 7) is 5.89. The molecule has 0 unspecified atom stereocenters. The molecule has 0 amide bonds. The van der Waals surface area contributed by atoms with Gasteiger partial charge in [-0.15, -0.1) is 0 Å². The quantitative estimate of drug-likeness (QED) is 0.564. The van der Waals surface area contributed by atoms with Crippen molar-refractivity contribution >= 4 is 17.6 Å². The fraction of sp³-hybridized carbons (Fsp3) is 0.400. The maximum absolute atomic E-state index is 11.4. The molecule has 4 heteroatoms. The van der Waals surface area contributed by atoms with Crippen molar-refractivity contribution in [3.8, 4) is 5.75 Å². The van der Waals surface area contributed by atoms with E-state index in [1.807, 2.05) is 12.1 Å². The number of hydrogen-bond donors (Lipinski definition) is 0. The van der Waals surface area contributed by atoms with Crippen LogP contribution in [0.25, 0.3) is 0 Å². The second-order valence-corrected chi connectivity index (χ2v) is 4.57. The summed E-state index contributed by atoms with van der Waals surface area (Å²) in [6.07, 6.45) is 2.19. The highest BCUT2D eigenvalue weighted by molar-refractivity contribution is 6.30. The van der Waals surface area contributed by atoms with E-state index in [0.29, 0.717) is 23.6 Å². The number of carbonyl (C=O) groups excluding carboxylic acids is 1.